The van der Waals surface area contributed by atoms with Gasteiger partial charge in [0, 0.05) is 21.5 Å². The van der Waals surface area contributed by atoms with E-state index in [1.165, 1.54) is 18.9 Å². The van der Waals surface area contributed by atoms with E-state index >= 15 is 0 Å². The number of thiophene rings is 2. The number of amides is 3. The number of thioether (sulfide) groups is 1. The molecule has 3 aromatic rings. The van der Waals surface area contributed by atoms with Gasteiger partial charge in [0.25, 0.3) is 5.24 Å². The molecular weight excluding hydrogens is 583 g/mol. The van der Waals surface area contributed by atoms with Crippen LogP contribution in [0.3, 0.4) is 0 Å². The van der Waals surface area contributed by atoms with Gasteiger partial charge in [-0.05, 0) is 47.0 Å². The van der Waals surface area contributed by atoms with Gasteiger partial charge >= 0.3 is 12.0 Å². The summed E-state index contributed by atoms with van der Waals surface area (Å²) in [5.41, 5.74) is 0.697. The summed E-state index contributed by atoms with van der Waals surface area (Å²) in [6.45, 7) is 3.30. The Morgan fingerprint density at radius 1 is 1.02 bits per heavy atom. The minimum Gasteiger partial charge on any atom is -0.469 e. The molecule has 220 valence electrons. The molecule has 0 aliphatic carbocycles. The maximum absolute atomic E-state index is 13.4. The highest BCUT2D eigenvalue weighted by atomic mass is 32.2. The molecule has 41 heavy (non-hydrogen) atoms. The summed E-state index contributed by atoms with van der Waals surface area (Å²) in [7, 11) is 1.31. The van der Waals surface area contributed by atoms with Crippen LogP contribution in [0.1, 0.15) is 54.0 Å². The zero-order chi connectivity index (χ0) is 29.0. The van der Waals surface area contributed by atoms with E-state index in [9.17, 15) is 14.4 Å². The van der Waals surface area contributed by atoms with Crippen molar-refractivity contribution in [1.82, 2.24) is 15.5 Å². The summed E-state index contributed by atoms with van der Waals surface area (Å²) in [6.07, 6.45) is 2.55. The van der Waals surface area contributed by atoms with Crippen LogP contribution in [-0.4, -0.2) is 47.8 Å². The molecule has 0 saturated heterocycles. The quantitative estimate of drug-likeness (QED) is 0.198. The monoisotopic (exact) mass is 617 g/mol. The highest BCUT2D eigenvalue weighted by Crippen LogP contribution is 2.35. The number of hydrogen-bond acceptors (Lipinski definition) is 9. The number of carbonyl (C=O) groups excluding carboxylic acids is 3. The number of ether oxygens (including phenoxy) is 3. The fourth-order valence-electron chi connectivity index (χ4n) is 4.29. The van der Waals surface area contributed by atoms with Crippen molar-refractivity contribution in [3.05, 3.63) is 68.5 Å². The molecule has 3 amide bonds. The molecule has 12 heteroatoms. The third-order valence-electron chi connectivity index (χ3n) is 6.46. The molecule has 0 unspecified atom stereocenters. The first-order valence-electron chi connectivity index (χ1n) is 13.4. The van der Waals surface area contributed by atoms with Crippen LogP contribution in [0.4, 0.5) is 9.59 Å². The first kappa shape index (κ1) is 30.7. The Labute approximate surface area is 252 Å². The lowest BCUT2D eigenvalue weighted by molar-refractivity contribution is -0.141. The molecule has 2 aromatic heterocycles. The molecule has 0 saturated carbocycles. The second-order valence-electron chi connectivity index (χ2n) is 9.49. The number of esters is 1. The lowest BCUT2D eigenvalue weighted by Crippen LogP contribution is -2.45. The molecule has 1 aliphatic rings. The van der Waals surface area contributed by atoms with Crippen molar-refractivity contribution in [1.29, 1.82) is 0 Å². The van der Waals surface area contributed by atoms with Gasteiger partial charge in [-0.25, -0.2) is 4.79 Å². The van der Waals surface area contributed by atoms with E-state index in [-0.39, 0.29) is 24.5 Å². The zero-order valence-corrected chi connectivity index (χ0v) is 25.6. The predicted molar refractivity (Wildman–Crippen MR) is 163 cm³/mol. The lowest BCUT2D eigenvalue weighted by atomic mass is 10.0. The Morgan fingerprint density at radius 2 is 1.73 bits per heavy atom. The molecule has 2 atom stereocenters. The molecule has 0 fully saturated rings. The summed E-state index contributed by atoms with van der Waals surface area (Å²) in [6, 6.07) is 12.1. The number of fused-ring (bicyclic) bond motifs is 1. The number of carbonyl (C=O) groups is 3. The second-order valence-corrected chi connectivity index (χ2v) is 12.5. The Hall–Kier alpha value is -3.22. The van der Waals surface area contributed by atoms with Crippen molar-refractivity contribution in [2.45, 2.75) is 57.8 Å². The largest absolute Gasteiger partial charge is 0.469 e. The van der Waals surface area contributed by atoms with Crippen LogP contribution in [0.2, 0.25) is 0 Å². The van der Waals surface area contributed by atoms with E-state index in [4.69, 9.17) is 14.2 Å². The third-order valence-corrected chi connectivity index (χ3v) is 9.26. The average Bonchev–Trinajstić information content (AvgIpc) is 3.76. The number of benzene rings is 1. The van der Waals surface area contributed by atoms with Crippen molar-refractivity contribution in [2.75, 3.05) is 19.7 Å². The fraction of sp³-hybridized carbons (Fsp3) is 0.414. The summed E-state index contributed by atoms with van der Waals surface area (Å²) < 4.78 is 15.7. The van der Waals surface area contributed by atoms with Crippen LogP contribution in [0.5, 0.6) is 11.5 Å². The molecule has 0 radical (unpaired) electrons. The molecule has 0 spiro atoms. The molecule has 1 aliphatic heterocycles. The summed E-state index contributed by atoms with van der Waals surface area (Å²) in [4.78, 5) is 42.8. The predicted octanol–water partition coefficient (Wildman–Crippen LogP) is 6.56. The van der Waals surface area contributed by atoms with Crippen LogP contribution >= 0.6 is 34.4 Å². The molecule has 0 bridgehead atoms. The van der Waals surface area contributed by atoms with E-state index in [0.717, 1.165) is 29.0 Å². The van der Waals surface area contributed by atoms with Gasteiger partial charge < -0.3 is 29.7 Å². The summed E-state index contributed by atoms with van der Waals surface area (Å²) in [5, 5.41) is 9.95. The van der Waals surface area contributed by atoms with Crippen molar-refractivity contribution in [3.8, 4) is 11.5 Å². The van der Waals surface area contributed by atoms with E-state index in [2.05, 4.69) is 17.6 Å². The Morgan fingerprint density at radius 3 is 2.37 bits per heavy atom. The Bertz CT molecular complexity index is 1230. The van der Waals surface area contributed by atoms with Gasteiger partial charge in [0.05, 0.1) is 32.7 Å². The van der Waals surface area contributed by atoms with Crippen LogP contribution in [0, 0.1) is 0 Å². The van der Waals surface area contributed by atoms with Crippen molar-refractivity contribution in [2.24, 2.45) is 0 Å². The van der Waals surface area contributed by atoms with Gasteiger partial charge in [-0.15, -0.1) is 22.7 Å². The van der Waals surface area contributed by atoms with Crippen molar-refractivity contribution >= 4 is 51.7 Å². The topological polar surface area (TPSA) is 106 Å². The van der Waals surface area contributed by atoms with Crippen LogP contribution in [-0.2, 0) is 22.6 Å². The van der Waals surface area contributed by atoms with Crippen LogP contribution in [0.15, 0.2) is 53.2 Å². The van der Waals surface area contributed by atoms with E-state index < -0.39 is 18.0 Å². The van der Waals surface area contributed by atoms with E-state index in [0.29, 0.717) is 35.9 Å². The number of methoxy groups -OCH3 is 1. The van der Waals surface area contributed by atoms with E-state index in [1.807, 2.05) is 39.9 Å². The maximum Gasteiger partial charge on any atom is 0.315 e. The minimum absolute atomic E-state index is 0.0283. The summed E-state index contributed by atoms with van der Waals surface area (Å²) >= 11 is 4.48. The van der Waals surface area contributed by atoms with Crippen LogP contribution < -0.4 is 20.1 Å². The highest BCUT2D eigenvalue weighted by Gasteiger charge is 2.24. The normalized spacial score (nSPS) is 13.3. The second kappa shape index (κ2) is 15.7. The molecule has 9 nitrogen and oxygen atoms in total. The van der Waals surface area contributed by atoms with Gasteiger partial charge in [-0.1, -0.05) is 49.7 Å². The zero-order valence-electron chi connectivity index (χ0n) is 23.1. The highest BCUT2D eigenvalue weighted by molar-refractivity contribution is 8.13. The molecule has 4 rings (SSSR count). The van der Waals surface area contributed by atoms with Gasteiger partial charge in [0.15, 0.2) is 11.5 Å². The van der Waals surface area contributed by atoms with Gasteiger partial charge in [-0.3, -0.25) is 9.59 Å². The van der Waals surface area contributed by atoms with Gasteiger partial charge in [-0.2, -0.15) is 0 Å². The molecule has 2 N–H and O–H groups in total. The van der Waals surface area contributed by atoms with Crippen molar-refractivity contribution < 1.29 is 28.6 Å². The molecule has 1 aromatic carbocycles. The van der Waals surface area contributed by atoms with Gasteiger partial charge in [0.1, 0.15) is 0 Å². The standard InChI is InChI=1S/C29H35N3O6S3/c1-3-4-7-21(18-41-29(35)32(16-22-8-5-12-39-22)17-23-9-6-13-40-23)30-28(34)31-24(15-27(33)36-2)20-10-11-25-26(14-20)38-19-37-25/h5-6,8-14,21,24H,3-4,7,15-19H2,1-2H3,(H2,30,31,34)/t21-,24-/m0/s1. The smallest absolute Gasteiger partial charge is 0.315 e. The average molecular weight is 618 g/mol. The minimum atomic E-state index is -0.634. The van der Waals surface area contributed by atoms with Crippen molar-refractivity contribution in [3.63, 3.8) is 0 Å². The first-order valence-corrected chi connectivity index (χ1v) is 16.2. The summed E-state index contributed by atoms with van der Waals surface area (Å²) in [5.74, 6) is 1.16. The lowest BCUT2D eigenvalue weighted by Gasteiger charge is -2.24. The number of urea groups is 1. The number of rotatable bonds is 14. The van der Waals surface area contributed by atoms with Crippen LogP contribution in [0.25, 0.3) is 0 Å². The number of nitrogens with one attached hydrogen (secondary N) is 2. The number of nitrogens with zero attached hydrogens (tertiary/aromatic N) is 1. The fourth-order valence-corrected chi connectivity index (χ4v) is 6.64. The molecular formula is C29H35N3O6S3. The first-order chi connectivity index (χ1) is 19.9. The maximum atomic E-state index is 13.4. The Balaban J connectivity index is 1.39. The Kier molecular flexibility index (Phi) is 11.8. The molecule has 3 heterocycles. The third kappa shape index (κ3) is 9.40. The van der Waals surface area contributed by atoms with E-state index in [1.54, 1.807) is 40.9 Å². The number of hydrogen-bond donors (Lipinski definition) is 2. The SMILES string of the molecule is CCCC[C@@H](CSC(=O)N(Cc1cccs1)Cc1cccs1)NC(=O)N[C@@H](CC(=O)OC)c1ccc2c(c1)OCO2. The number of unbranched alkanes of at least 4 members (excludes halogenated alkanes) is 1. The van der Waals surface area contributed by atoms with Gasteiger partial charge in [0.2, 0.25) is 6.79 Å².